The van der Waals surface area contributed by atoms with E-state index in [4.69, 9.17) is 9.47 Å². The zero-order valence-corrected chi connectivity index (χ0v) is 19.8. The molecule has 30 heavy (non-hydrogen) atoms. The van der Waals surface area contributed by atoms with Crippen molar-refractivity contribution in [2.24, 2.45) is 11.8 Å². The Bertz CT molecular complexity index is 565. The SMILES string of the molecule is CCC(CC)[C@H](NC(=O)OC(C)(C)C)[C@H]1CC[C@@H](NC(=O)OC(C)(C)C)[C@H](O)[C@H]1O. The van der Waals surface area contributed by atoms with Crippen LogP contribution in [0.5, 0.6) is 0 Å². The standard InChI is InChI=1S/C22H42N2O6/c1-9-13(10-2)16(24-20(28)30-22(6,7)8)14-11-12-15(18(26)17(14)25)23-19(27)29-21(3,4)5/h13-18,25-26H,9-12H2,1-8H3,(H,23,27)(H,24,28)/t14-,15-,16+,17+,18+/m1/s1. The van der Waals surface area contributed by atoms with Gasteiger partial charge in [0.1, 0.15) is 17.3 Å². The Kier molecular flexibility index (Phi) is 9.42. The first kappa shape index (κ1) is 26.5. The lowest BCUT2D eigenvalue weighted by Crippen LogP contribution is -2.60. The second-order valence-electron chi connectivity index (χ2n) is 10.2. The van der Waals surface area contributed by atoms with Crippen molar-refractivity contribution in [2.75, 3.05) is 0 Å². The molecular weight excluding hydrogens is 388 g/mol. The van der Waals surface area contributed by atoms with E-state index in [0.29, 0.717) is 12.8 Å². The number of aliphatic hydroxyl groups is 2. The molecule has 1 aliphatic carbocycles. The molecule has 0 heterocycles. The van der Waals surface area contributed by atoms with E-state index in [-0.39, 0.29) is 17.9 Å². The Hall–Kier alpha value is -1.54. The van der Waals surface area contributed by atoms with E-state index < -0.39 is 41.6 Å². The molecule has 0 bridgehead atoms. The summed E-state index contributed by atoms with van der Waals surface area (Å²) in [6.07, 6.45) is -0.778. The molecular formula is C22H42N2O6. The van der Waals surface area contributed by atoms with Gasteiger partial charge < -0.3 is 30.3 Å². The minimum atomic E-state index is -1.16. The minimum absolute atomic E-state index is 0.125. The first-order chi connectivity index (χ1) is 13.7. The summed E-state index contributed by atoms with van der Waals surface area (Å²) in [6, 6.07) is -0.961. The van der Waals surface area contributed by atoms with E-state index in [1.54, 1.807) is 41.5 Å². The number of hydrogen-bond acceptors (Lipinski definition) is 6. The first-order valence-electron chi connectivity index (χ1n) is 11.0. The van der Waals surface area contributed by atoms with E-state index in [9.17, 15) is 19.8 Å². The van der Waals surface area contributed by atoms with Crippen molar-refractivity contribution in [2.45, 2.75) is 117 Å². The summed E-state index contributed by atoms with van der Waals surface area (Å²) in [5.41, 5.74) is -1.28. The molecule has 1 saturated carbocycles. The molecule has 0 spiro atoms. The third-order valence-electron chi connectivity index (χ3n) is 5.42. The fourth-order valence-electron chi connectivity index (χ4n) is 4.03. The van der Waals surface area contributed by atoms with Crippen LogP contribution in [-0.4, -0.2) is 57.9 Å². The molecule has 176 valence electrons. The molecule has 0 aliphatic heterocycles. The van der Waals surface area contributed by atoms with Crippen LogP contribution in [0.25, 0.3) is 0 Å². The van der Waals surface area contributed by atoms with Crippen LogP contribution in [-0.2, 0) is 9.47 Å². The molecule has 0 unspecified atom stereocenters. The molecule has 4 N–H and O–H groups in total. The van der Waals surface area contributed by atoms with Gasteiger partial charge in [0.15, 0.2) is 0 Å². The van der Waals surface area contributed by atoms with Gasteiger partial charge in [-0.05, 0) is 60.3 Å². The van der Waals surface area contributed by atoms with Gasteiger partial charge in [-0.1, -0.05) is 26.7 Å². The van der Waals surface area contributed by atoms with Crippen molar-refractivity contribution >= 4 is 12.2 Å². The van der Waals surface area contributed by atoms with E-state index in [1.807, 2.05) is 13.8 Å². The molecule has 2 amide bonds. The number of amides is 2. The van der Waals surface area contributed by atoms with Crippen LogP contribution < -0.4 is 10.6 Å². The highest BCUT2D eigenvalue weighted by Crippen LogP contribution is 2.33. The molecule has 0 aromatic rings. The van der Waals surface area contributed by atoms with E-state index in [2.05, 4.69) is 10.6 Å². The monoisotopic (exact) mass is 430 g/mol. The fraction of sp³-hybridized carbons (Fsp3) is 0.909. The van der Waals surface area contributed by atoms with Crippen molar-refractivity contribution in [1.29, 1.82) is 0 Å². The largest absolute Gasteiger partial charge is 0.444 e. The molecule has 1 fully saturated rings. The zero-order valence-electron chi connectivity index (χ0n) is 19.8. The number of carbonyl (C=O) groups is 2. The summed E-state index contributed by atoms with van der Waals surface area (Å²) in [5, 5.41) is 27.2. The van der Waals surface area contributed by atoms with Gasteiger partial charge in [0, 0.05) is 12.0 Å². The fourth-order valence-corrected chi connectivity index (χ4v) is 4.03. The average Bonchev–Trinajstić information content (AvgIpc) is 2.56. The Morgan fingerprint density at radius 2 is 1.40 bits per heavy atom. The van der Waals surface area contributed by atoms with Gasteiger partial charge in [-0.25, -0.2) is 9.59 Å². The van der Waals surface area contributed by atoms with E-state index in [1.165, 1.54) is 0 Å². The Labute approximate surface area is 181 Å². The summed E-state index contributed by atoms with van der Waals surface area (Å²) < 4.78 is 10.7. The highest BCUT2D eigenvalue weighted by Gasteiger charge is 2.44. The zero-order chi connectivity index (χ0) is 23.3. The predicted octanol–water partition coefficient (Wildman–Crippen LogP) is 3.34. The lowest BCUT2D eigenvalue weighted by Gasteiger charge is -2.43. The third-order valence-corrected chi connectivity index (χ3v) is 5.42. The van der Waals surface area contributed by atoms with Crippen LogP contribution in [0.15, 0.2) is 0 Å². The van der Waals surface area contributed by atoms with Crippen LogP contribution in [0.2, 0.25) is 0 Å². The van der Waals surface area contributed by atoms with Gasteiger partial charge in [-0.3, -0.25) is 0 Å². The number of ether oxygens (including phenoxy) is 2. The highest BCUT2D eigenvalue weighted by molar-refractivity contribution is 5.68. The van der Waals surface area contributed by atoms with Crippen LogP contribution in [0.4, 0.5) is 9.59 Å². The Balaban J connectivity index is 2.90. The summed E-state index contributed by atoms with van der Waals surface area (Å²) in [5.74, 6) is -0.228. The van der Waals surface area contributed by atoms with Crippen molar-refractivity contribution in [1.82, 2.24) is 10.6 Å². The Morgan fingerprint density at radius 1 is 0.900 bits per heavy atom. The summed E-state index contributed by atoms with van der Waals surface area (Å²) in [4.78, 5) is 24.5. The quantitative estimate of drug-likeness (QED) is 0.513. The number of nitrogens with one attached hydrogen (secondary N) is 2. The van der Waals surface area contributed by atoms with Crippen molar-refractivity contribution < 1.29 is 29.3 Å². The van der Waals surface area contributed by atoms with Gasteiger partial charge in [-0.15, -0.1) is 0 Å². The molecule has 0 aromatic carbocycles. The van der Waals surface area contributed by atoms with Crippen LogP contribution in [0, 0.1) is 11.8 Å². The summed E-state index contributed by atoms with van der Waals surface area (Å²) >= 11 is 0. The number of hydrogen-bond donors (Lipinski definition) is 4. The van der Waals surface area contributed by atoms with Gasteiger partial charge in [0.2, 0.25) is 0 Å². The van der Waals surface area contributed by atoms with Crippen LogP contribution in [0.3, 0.4) is 0 Å². The average molecular weight is 431 g/mol. The predicted molar refractivity (Wildman–Crippen MR) is 115 cm³/mol. The van der Waals surface area contributed by atoms with Crippen molar-refractivity contribution in [3.63, 3.8) is 0 Å². The molecule has 0 radical (unpaired) electrons. The van der Waals surface area contributed by atoms with Crippen LogP contribution in [0.1, 0.15) is 81.1 Å². The maximum atomic E-state index is 12.4. The minimum Gasteiger partial charge on any atom is -0.444 e. The maximum absolute atomic E-state index is 12.4. The maximum Gasteiger partial charge on any atom is 0.407 e. The molecule has 8 heteroatoms. The van der Waals surface area contributed by atoms with Gasteiger partial charge >= 0.3 is 12.2 Å². The number of carbonyl (C=O) groups excluding carboxylic acids is 2. The second-order valence-corrected chi connectivity index (χ2v) is 10.2. The van der Waals surface area contributed by atoms with Crippen molar-refractivity contribution in [3.8, 4) is 0 Å². The molecule has 5 atom stereocenters. The van der Waals surface area contributed by atoms with E-state index in [0.717, 1.165) is 12.8 Å². The Morgan fingerprint density at radius 3 is 1.87 bits per heavy atom. The molecule has 1 rings (SSSR count). The summed E-state index contributed by atoms with van der Waals surface area (Å²) in [7, 11) is 0. The number of rotatable bonds is 6. The molecule has 0 aromatic heterocycles. The molecule has 1 aliphatic rings. The number of alkyl carbamates (subject to hydrolysis) is 2. The highest BCUT2D eigenvalue weighted by atomic mass is 16.6. The van der Waals surface area contributed by atoms with Gasteiger partial charge in [0.25, 0.3) is 0 Å². The lowest BCUT2D eigenvalue weighted by atomic mass is 9.72. The van der Waals surface area contributed by atoms with Gasteiger partial charge in [-0.2, -0.15) is 0 Å². The first-order valence-corrected chi connectivity index (χ1v) is 11.0. The van der Waals surface area contributed by atoms with Crippen molar-refractivity contribution in [3.05, 3.63) is 0 Å². The van der Waals surface area contributed by atoms with Gasteiger partial charge in [0.05, 0.1) is 12.1 Å². The van der Waals surface area contributed by atoms with Crippen LogP contribution >= 0.6 is 0 Å². The normalized spacial score (nSPS) is 26.1. The summed E-state index contributed by atoms with van der Waals surface area (Å²) in [6.45, 7) is 14.7. The lowest BCUT2D eigenvalue weighted by molar-refractivity contribution is -0.0780. The van der Waals surface area contributed by atoms with E-state index >= 15 is 0 Å². The smallest absolute Gasteiger partial charge is 0.407 e. The topological polar surface area (TPSA) is 117 Å². The number of aliphatic hydroxyl groups excluding tert-OH is 2. The third kappa shape index (κ3) is 8.30. The molecule has 8 nitrogen and oxygen atoms in total. The second kappa shape index (κ2) is 10.7. The molecule has 0 saturated heterocycles.